The fraction of sp³-hybridized carbons (Fsp3) is 0.417. The van der Waals surface area contributed by atoms with Gasteiger partial charge in [-0.1, -0.05) is 0 Å². The minimum absolute atomic E-state index is 0.214. The predicted octanol–water partition coefficient (Wildman–Crippen LogP) is 0.868. The smallest absolute Gasteiger partial charge is 0.414 e. The van der Waals surface area contributed by atoms with Gasteiger partial charge < -0.3 is 19.6 Å². The molecule has 0 fully saturated rings. The van der Waals surface area contributed by atoms with Gasteiger partial charge in [0.05, 0.1) is 30.7 Å². The Hall–Kier alpha value is -2.55. The number of aromatic nitrogens is 4. The fourth-order valence-electron chi connectivity index (χ4n) is 1.96. The second-order valence-corrected chi connectivity index (χ2v) is 4.68. The molecule has 2 aromatic heterocycles. The number of hydrogen-bond donors (Lipinski definition) is 0. The van der Waals surface area contributed by atoms with E-state index in [1.165, 1.54) is 6.20 Å². The van der Waals surface area contributed by atoms with Crippen LogP contribution in [0.2, 0.25) is 0 Å². The first kappa shape index (κ1) is 13.4. The van der Waals surface area contributed by atoms with Gasteiger partial charge in [0.15, 0.2) is 0 Å². The number of hydrogen-bond acceptors (Lipinski definition) is 7. The SMILES string of the molecule is Cc1cnc(CO[C@@H]2COc3nc([N+](=O)[O-])cn3C2)cn1. The van der Waals surface area contributed by atoms with Crippen LogP contribution in [0.15, 0.2) is 18.6 Å². The summed E-state index contributed by atoms with van der Waals surface area (Å²) in [6.07, 6.45) is 4.46. The molecule has 0 amide bonds. The summed E-state index contributed by atoms with van der Waals surface area (Å²) < 4.78 is 12.6. The molecule has 0 aliphatic carbocycles. The molecule has 0 radical (unpaired) electrons. The van der Waals surface area contributed by atoms with Crippen molar-refractivity contribution in [2.24, 2.45) is 0 Å². The molecule has 0 spiro atoms. The second-order valence-electron chi connectivity index (χ2n) is 4.68. The third kappa shape index (κ3) is 2.97. The van der Waals surface area contributed by atoms with Crippen LogP contribution >= 0.6 is 0 Å². The van der Waals surface area contributed by atoms with Crippen LogP contribution in [0.25, 0.3) is 0 Å². The van der Waals surface area contributed by atoms with E-state index in [2.05, 4.69) is 15.0 Å². The molecule has 0 saturated carbocycles. The van der Waals surface area contributed by atoms with Crippen LogP contribution in [0.5, 0.6) is 6.01 Å². The molecule has 110 valence electrons. The first-order chi connectivity index (χ1) is 10.1. The van der Waals surface area contributed by atoms with Crippen molar-refractivity contribution in [3.05, 3.63) is 40.1 Å². The number of ether oxygens (including phenoxy) is 2. The third-order valence-corrected chi connectivity index (χ3v) is 3.01. The minimum atomic E-state index is -0.549. The molecule has 21 heavy (non-hydrogen) atoms. The lowest BCUT2D eigenvalue weighted by molar-refractivity contribution is -0.389. The van der Waals surface area contributed by atoms with Crippen molar-refractivity contribution in [3.8, 4) is 6.01 Å². The molecule has 0 saturated heterocycles. The Balaban J connectivity index is 1.61. The molecular weight excluding hydrogens is 278 g/mol. The molecule has 9 nitrogen and oxygen atoms in total. The van der Waals surface area contributed by atoms with Crippen LogP contribution in [0.1, 0.15) is 11.4 Å². The highest BCUT2D eigenvalue weighted by Gasteiger charge is 2.28. The van der Waals surface area contributed by atoms with Gasteiger partial charge in [0, 0.05) is 11.2 Å². The monoisotopic (exact) mass is 291 g/mol. The summed E-state index contributed by atoms with van der Waals surface area (Å²) in [5.74, 6) is -0.227. The summed E-state index contributed by atoms with van der Waals surface area (Å²) in [6.45, 7) is 2.93. The normalized spacial score (nSPS) is 17.1. The standard InChI is InChI=1S/C12H13N5O4/c1-8-2-14-9(3-13-8)6-20-10-4-16-5-11(17(18)19)15-12(16)21-7-10/h2-3,5,10H,4,6-7H2,1H3/t10-/m0/s1. The van der Waals surface area contributed by atoms with Gasteiger partial charge in [-0.25, -0.2) is 0 Å². The van der Waals surface area contributed by atoms with Gasteiger partial charge in [-0.05, 0) is 11.8 Å². The van der Waals surface area contributed by atoms with E-state index in [0.717, 1.165) is 11.4 Å². The average Bonchev–Trinajstić information content (AvgIpc) is 2.90. The first-order valence-corrected chi connectivity index (χ1v) is 6.35. The summed E-state index contributed by atoms with van der Waals surface area (Å²) in [7, 11) is 0. The molecule has 0 unspecified atom stereocenters. The highest BCUT2D eigenvalue weighted by atomic mass is 16.6. The Morgan fingerprint density at radius 1 is 1.52 bits per heavy atom. The zero-order valence-electron chi connectivity index (χ0n) is 11.3. The van der Waals surface area contributed by atoms with Gasteiger partial charge in [-0.15, -0.1) is 0 Å². The highest BCUT2D eigenvalue weighted by Crippen LogP contribution is 2.22. The fourth-order valence-corrected chi connectivity index (χ4v) is 1.96. The predicted molar refractivity (Wildman–Crippen MR) is 69.7 cm³/mol. The lowest BCUT2D eigenvalue weighted by Crippen LogP contribution is -2.32. The molecule has 2 aromatic rings. The van der Waals surface area contributed by atoms with E-state index >= 15 is 0 Å². The van der Waals surface area contributed by atoms with Crippen molar-refractivity contribution in [2.75, 3.05) is 6.61 Å². The summed E-state index contributed by atoms with van der Waals surface area (Å²) in [6, 6.07) is 0.247. The number of imidazole rings is 1. The van der Waals surface area contributed by atoms with Gasteiger partial charge in [0.2, 0.25) is 0 Å². The Morgan fingerprint density at radius 3 is 3.10 bits per heavy atom. The maximum atomic E-state index is 10.7. The largest absolute Gasteiger partial charge is 0.443 e. The third-order valence-electron chi connectivity index (χ3n) is 3.01. The Labute approximate surface area is 119 Å². The van der Waals surface area contributed by atoms with E-state index in [4.69, 9.17) is 9.47 Å². The number of nitrogens with zero attached hydrogens (tertiary/aromatic N) is 5. The maximum Gasteiger partial charge on any atom is 0.414 e. The maximum absolute atomic E-state index is 10.7. The van der Waals surface area contributed by atoms with Gasteiger partial charge in [-0.2, -0.15) is 0 Å². The Kier molecular flexibility index (Phi) is 3.48. The number of rotatable bonds is 4. The zero-order valence-corrected chi connectivity index (χ0v) is 11.3. The molecule has 9 heteroatoms. The molecular formula is C12H13N5O4. The van der Waals surface area contributed by atoms with Crippen molar-refractivity contribution >= 4 is 5.82 Å². The molecule has 3 rings (SSSR count). The number of fused-ring (bicyclic) bond motifs is 1. The first-order valence-electron chi connectivity index (χ1n) is 6.35. The van der Waals surface area contributed by atoms with E-state index < -0.39 is 4.92 Å². The average molecular weight is 291 g/mol. The summed E-state index contributed by atoms with van der Waals surface area (Å²) in [4.78, 5) is 22.2. The quantitative estimate of drug-likeness (QED) is 0.607. The highest BCUT2D eigenvalue weighted by molar-refractivity contribution is 5.21. The topological polar surface area (TPSA) is 105 Å². The molecule has 0 aromatic carbocycles. The second kappa shape index (κ2) is 5.44. The number of aryl methyl sites for hydroxylation is 1. The summed E-state index contributed by atoms with van der Waals surface area (Å²) in [5, 5.41) is 10.7. The molecule has 3 heterocycles. The lowest BCUT2D eigenvalue weighted by Gasteiger charge is -2.22. The van der Waals surface area contributed by atoms with Crippen molar-refractivity contribution in [3.63, 3.8) is 0 Å². The van der Waals surface area contributed by atoms with Crippen molar-refractivity contribution in [1.82, 2.24) is 19.5 Å². The summed E-state index contributed by atoms with van der Waals surface area (Å²) >= 11 is 0. The van der Waals surface area contributed by atoms with Crippen LogP contribution in [-0.4, -0.2) is 37.2 Å². The Morgan fingerprint density at radius 2 is 2.38 bits per heavy atom. The molecule has 1 aliphatic heterocycles. The van der Waals surface area contributed by atoms with Gasteiger partial charge in [0.1, 0.15) is 18.9 Å². The summed E-state index contributed by atoms with van der Waals surface area (Å²) in [5.41, 5.74) is 1.57. The van der Waals surface area contributed by atoms with Crippen molar-refractivity contribution in [1.29, 1.82) is 0 Å². The molecule has 1 aliphatic rings. The van der Waals surface area contributed by atoms with Crippen LogP contribution in [0, 0.1) is 17.0 Å². The number of nitro groups is 1. The Bertz CT molecular complexity index is 654. The van der Waals surface area contributed by atoms with E-state index in [1.54, 1.807) is 17.0 Å². The van der Waals surface area contributed by atoms with Crippen LogP contribution in [-0.2, 0) is 17.9 Å². The van der Waals surface area contributed by atoms with E-state index in [1.807, 2.05) is 6.92 Å². The van der Waals surface area contributed by atoms with Gasteiger partial charge >= 0.3 is 11.8 Å². The van der Waals surface area contributed by atoms with E-state index in [-0.39, 0.29) is 17.9 Å². The van der Waals surface area contributed by atoms with Crippen LogP contribution in [0.3, 0.4) is 0 Å². The van der Waals surface area contributed by atoms with E-state index in [0.29, 0.717) is 19.8 Å². The van der Waals surface area contributed by atoms with Crippen molar-refractivity contribution in [2.45, 2.75) is 26.2 Å². The molecule has 1 atom stereocenters. The molecule has 0 bridgehead atoms. The minimum Gasteiger partial charge on any atom is -0.443 e. The van der Waals surface area contributed by atoms with Crippen LogP contribution < -0.4 is 4.74 Å². The van der Waals surface area contributed by atoms with E-state index in [9.17, 15) is 10.1 Å². The molecule has 0 N–H and O–H groups in total. The van der Waals surface area contributed by atoms with Crippen LogP contribution in [0.4, 0.5) is 5.82 Å². The van der Waals surface area contributed by atoms with Crippen molar-refractivity contribution < 1.29 is 14.4 Å². The van der Waals surface area contributed by atoms with Gasteiger partial charge in [-0.3, -0.25) is 14.5 Å². The lowest BCUT2D eigenvalue weighted by atomic mass is 10.3. The van der Waals surface area contributed by atoms with Gasteiger partial charge in [0.25, 0.3) is 0 Å². The zero-order chi connectivity index (χ0) is 14.8.